The van der Waals surface area contributed by atoms with Gasteiger partial charge in [0.15, 0.2) is 11.5 Å². The summed E-state index contributed by atoms with van der Waals surface area (Å²) in [7, 11) is 2.88. The molecular formula is C15H23BO4. The highest BCUT2D eigenvalue weighted by Gasteiger charge is 2.51. The van der Waals surface area contributed by atoms with E-state index < -0.39 is 7.12 Å². The predicted molar refractivity (Wildman–Crippen MR) is 80.0 cm³/mol. The number of aryl methyl sites for hydroxylation is 1. The maximum absolute atomic E-state index is 6.06. The number of hydrogen-bond donors (Lipinski definition) is 0. The smallest absolute Gasteiger partial charge is 0.493 e. The van der Waals surface area contributed by atoms with E-state index in [0.717, 1.165) is 16.8 Å². The van der Waals surface area contributed by atoms with Gasteiger partial charge < -0.3 is 18.8 Å². The monoisotopic (exact) mass is 278 g/mol. The van der Waals surface area contributed by atoms with E-state index in [1.54, 1.807) is 14.2 Å². The fraction of sp³-hybridized carbons (Fsp3) is 0.600. The lowest BCUT2D eigenvalue weighted by Gasteiger charge is -2.32. The molecule has 20 heavy (non-hydrogen) atoms. The Kier molecular flexibility index (Phi) is 3.78. The average Bonchev–Trinajstić information content (AvgIpc) is 2.57. The summed E-state index contributed by atoms with van der Waals surface area (Å²) in [6.07, 6.45) is 0. The molecule has 0 saturated carbocycles. The Labute approximate surface area is 121 Å². The third-order valence-electron chi connectivity index (χ3n) is 4.21. The third-order valence-corrected chi connectivity index (χ3v) is 4.21. The Hall–Kier alpha value is -1.20. The van der Waals surface area contributed by atoms with Gasteiger partial charge in [-0.15, -0.1) is 0 Å². The molecule has 110 valence electrons. The van der Waals surface area contributed by atoms with Gasteiger partial charge >= 0.3 is 7.12 Å². The van der Waals surface area contributed by atoms with E-state index in [1.807, 2.05) is 46.8 Å². The van der Waals surface area contributed by atoms with Crippen molar-refractivity contribution in [1.82, 2.24) is 0 Å². The molecule has 1 aliphatic heterocycles. The number of benzene rings is 1. The van der Waals surface area contributed by atoms with E-state index in [2.05, 4.69) is 0 Å². The molecule has 1 aromatic rings. The zero-order valence-corrected chi connectivity index (χ0v) is 13.4. The van der Waals surface area contributed by atoms with Crippen LogP contribution in [0.5, 0.6) is 11.5 Å². The molecule has 1 aliphatic rings. The molecule has 0 atom stereocenters. The SMILES string of the molecule is COc1cc(B2OC(C)(C)C(C)(C)O2)cc(C)c1OC. The molecule has 1 heterocycles. The van der Waals surface area contributed by atoms with E-state index in [0.29, 0.717) is 5.75 Å². The molecule has 4 nitrogen and oxygen atoms in total. The van der Waals surface area contributed by atoms with Crippen molar-refractivity contribution in [2.75, 3.05) is 14.2 Å². The van der Waals surface area contributed by atoms with Crippen LogP contribution in [-0.2, 0) is 9.31 Å². The fourth-order valence-electron chi connectivity index (χ4n) is 2.30. The second kappa shape index (κ2) is 4.97. The summed E-state index contributed by atoms with van der Waals surface area (Å²) in [4.78, 5) is 0. The molecule has 0 spiro atoms. The molecule has 2 rings (SSSR count). The highest BCUT2D eigenvalue weighted by molar-refractivity contribution is 6.62. The van der Waals surface area contributed by atoms with Crippen LogP contribution in [0.2, 0.25) is 0 Å². The van der Waals surface area contributed by atoms with E-state index in [9.17, 15) is 0 Å². The Bertz CT molecular complexity index is 495. The summed E-state index contributed by atoms with van der Waals surface area (Å²) in [6.45, 7) is 10.2. The van der Waals surface area contributed by atoms with Crippen LogP contribution >= 0.6 is 0 Å². The minimum Gasteiger partial charge on any atom is -0.493 e. The van der Waals surface area contributed by atoms with E-state index in [4.69, 9.17) is 18.8 Å². The van der Waals surface area contributed by atoms with Crippen LogP contribution in [0.3, 0.4) is 0 Å². The number of rotatable bonds is 3. The average molecular weight is 278 g/mol. The molecule has 0 N–H and O–H groups in total. The Morgan fingerprint density at radius 3 is 1.95 bits per heavy atom. The van der Waals surface area contributed by atoms with Gasteiger partial charge in [0.05, 0.1) is 25.4 Å². The number of hydrogen-bond acceptors (Lipinski definition) is 4. The highest BCUT2D eigenvalue weighted by atomic mass is 16.7. The summed E-state index contributed by atoms with van der Waals surface area (Å²) in [6, 6.07) is 3.93. The van der Waals surface area contributed by atoms with Crippen LogP contribution in [0.25, 0.3) is 0 Å². The first kappa shape index (κ1) is 15.2. The van der Waals surface area contributed by atoms with Gasteiger partial charge in [-0.3, -0.25) is 0 Å². The number of ether oxygens (including phenoxy) is 2. The summed E-state index contributed by atoms with van der Waals surface area (Å²) in [5.41, 5.74) is 1.24. The highest BCUT2D eigenvalue weighted by Crippen LogP contribution is 2.37. The molecular weight excluding hydrogens is 255 g/mol. The van der Waals surface area contributed by atoms with Crippen molar-refractivity contribution in [1.29, 1.82) is 0 Å². The first-order chi connectivity index (χ1) is 9.21. The van der Waals surface area contributed by atoms with Crippen LogP contribution in [0.1, 0.15) is 33.3 Å². The first-order valence-corrected chi connectivity index (χ1v) is 6.80. The molecule has 0 aliphatic carbocycles. The van der Waals surface area contributed by atoms with Crippen LogP contribution < -0.4 is 14.9 Å². The first-order valence-electron chi connectivity index (χ1n) is 6.80. The summed E-state index contributed by atoms with van der Waals surface area (Å²) >= 11 is 0. The topological polar surface area (TPSA) is 36.9 Å². The van der Waals surface area contributed by atoms with E-state index in [-0.39, 0.29) is 11.2 Å². The lowest BCUT2D eigenvalue weighted by Crippen LogP contribution is -2.41. The van der Waals surface area contributed by atoms with Crippen molar-refractivity contribution >= 4 is 12.6 Å². The third kappa shape index (κ3) is 2.40. The van der Waals surface area contributed by atoms with Gasteiger partial charge in [-0.25, -0.2) is 0 Å². The van der Waals surface area contributed by atoms with Gasteiger partial charge in [-0.1, -0.05) is 6.07 Å². The zero-order chi connectivity index (χ0) is 15.1. The van der Waals surface area contributed by atoms with Crippen molar-refractivity contribution in [2.24, 2.45) is 0 Å². The fourth-order valence-corrected chi connectivity index (χ4v) is 2.30. The van der Waals surface area contributed by atoms with Crippen molar-refractivity contribution in [3.63, 3.8) is 0 Å². The van der Waals surface area contributed by atoms with E-state index in [1.165, 1.54) is 0 Å². The Morgan fingerprint density at radius 2 is 1.50 bits per heavy atom. The lowest BCUT2D eigenvalue weighted by atomic mass is 9.78. The molecule has 1 saturated heterocycles. The maximum Gasteiger partial charge on any atom is 0.494 e. The molecule has 0 radical (unpaired) electrons. The van der Waals surface area contributed by atoms with Crippen molar-refractivity contribution in [3.8, 4) is 11.5 Å². The maximum atomic E-state index is 6.06. The van der Waals surface area contributed by atoms with E-state index >= 15 is 0 Å². The van der Waals surface area contributed by atoms with Gasteiger partial charge in [-0.05, 0) is 51.7 Å². The van der Waals surface area contributed by atoms with Crippen LogP contribution in [0.15, 0.2) is 12.1 Å². The molecule has 0 unspecified atom stereocenters. The molecule has 1 fully saturated rings. The van der Waals surface area contributed by atoms with Crippen molar-refractivity contribution in [3.05, 3.63) is 17.7 Å². The van der Waals surface area contributed by atoms with Gasteiger partial charge in [0.2, 0.25) is 0 Å². The largest absolute Gasteiger partial charge is 0.494 e. The minimum absolute atomic E-state index is 0.348. The second-order valence-electron chi connectivity index (χ2n) is 6.16. The summed E-state index contributed by atoms with van der Waals surface area (Å²) in [5, 5.41) is 0. The molecule has 0 bridgehead atoms. The van der Waals surface area contributed by atoms with Gasteiger partial charge in [0, 0.05) is 0 Å². The zero-order valence-electron chi connectivity index (χ0n) is 13.4. The van der Waals surface area contributed by atoms with Crippen LogP contribution in [0.4, 0.5) is 0 Å². The molecule has 1 aromatic carbocycles. The predicted octanol–water partition coefficient (Wildman–Crippen LogP) is 2.31. The lowest BCUT2D eigenvalue weighted by molar-refractivity contribution is 0.00578. The Morgan fingerprint density at radius 1 is 0.950 bits per heavy atom. The molecule has 0 amide bonds. The van der Waals surface area contributed by atoms with Crippen LogP contribution in [-0.4, -0.2) is 32.5 Å². The Balaban J connectivity index is 2.38. The van der Waals surface area contributed by atoms with Crippen molar-refractivity contribution < 1.29 is 18.8 Å². The quantitative estimate of drug-likeness (QED) is 0.795. The molecule has 0 aromatic heterocycles. The summed E-state index contributed by atoms with van der Waals surface area (Å²) in [5.74, 6) is 1.44. The second-order valence-corrected chi connectivity index (χ2v) is 6.16. The van der Waals surface area contributed by atoms with Crippen LogP contribution in [0, 0.1) is 6.92 Å². The standard InChI is InChI=1S/C15H23BO4/c1-10-8-11(9-12(17-6)13(10)18-7)16-19-14(2,3)15(4,5)20-16/h8-9H,1-7H3. The van der Waals surface area contributed by atoms with Gasteiger partial charge in [-0.2, -0.15) is 0 Å². The summed E-state index contributed by atoms with van der Waals surface area (Å²) < 4.78 is 22.9. The van der Waals surface area contributed by atoms with Crippen molar-refractivity contribution in [2.45, 2.75) is 45.8 Å². The normalized spacial score (nSPS) is 20.1. The van der Waals surface area contributed by atoms with Gasteiger partial charge in [0.25, 0.3) is 0 Å². The number of methoxy groups -OCH3 is 2. The van der Waals surface area contributed by atoms with Gasteiger partial charge in [0.1, 0.15) is 0 Å². The minimum atomic E-state index is -0.390. The molecule has 5 heteroatoms.